The highest BCUT2D eigenvalue weighted by atomic mass is 32.1. The zero-order chi connectivity index (χ0) is 21.0. The van der Waals surface area contributed by atoms with Gasteiger partial charge in [0.25, 0.3) is 0 Å². The molecule has 2 aliphatic rings. The van der Waals surface area contributed by atoms with Crippen molar-refractivity contribution in [2.45, 2.75) is 70.4 Å². The van der Waals surface area contributed by atoms with Crippen LogP contribution in [0.25, 0.3) is 10.2 Å². The van der Waals surface area contributed by atoms with Crippen LogP contribution in [0, 0.1) is 0 Å². The topological polar surface area (TPSA) is 112 Å². The van der Waals surface area contributed by atoms with Gasteiger partial charge in [0.15, 0.2) is 11.6 Å². The maximum absolute atomic E-state index is 12.2. The summed E-state index contributed by atoms with van der Waals surface area (Å²) in [6.07, 6.45) is -0.857. The monoisotopic (exact) mass is 423 g/mol. The number of hydrogen-bond donors (Lipinski definition) is 2. The highest BCUT2D eigenvalue weighted by molar-refractivity contribution is 7.18. The number of ether oxygens (including phenoxy) is 4. The number of amides is 1. The summed E-state index contributed by atoms with van der Waals surface area (Å²) < 4.78 is 24.0. The van der Waals surface area contributed by atoms with E-state index in [9.17, 15) is 9.90 Å². The minimum absolute atomic E-state index is 0.167. The largest absolute Gasteiger partial charge is 0.444 e. The number of aliphatic hydroxyl groups is 1. The van der Waals surface area contributed by atoms with E-state index in [0.717, 1.165) is 5.56 Å². The fraction of sp³-hybridized carbons (Fsp3) is 0.632. The number of aliphatic hydroxyl groups excluding tert-OH is 1. The summed E-state index contributed by atoms with van der Waals surface area (Å²) in [5.41, 5.74) is 0.855. The molecule has 158 valence electrons. The van der Waals surface area contributed by atoms with E-state index in [-0.39, 0.29) is 18.8 Å². The molecule has 9 nitrogen and oxygen atoms in total. The molecule has 2 fully saturated rings. The van der Waals surface area contributed by atoms with Crippen molar-refractivity contribution in [3.63, 3.8) is 0 Å². The van der Waals surface area contributed by atoms with Crippen molar-refractivity contribution in [1.82, 2.24) is 9.97 Å². The fourth-order valence-electron chi connectivity index (χ4n) is 3.64. The normalized spacial score (nSPS) is 28.5. The van der Waals surface area contributed by atoms with Gasteiger partial charge in [-0.2, -0.15) is 0 Å². The number of nitrogens with zero attached hydrogens (tertiary/aromatic N) is 2. The quantitative estimate of drug-likeness (QED) is 0.775. The third-order valence-corrected chi connectivity index (χ3v) is 5.63. The van der Waals surface area contributed by atoms with Gasteiger partial charge in [-0.25, -0.2) is 14.8 Å². The molecule has 2 aromatic heterocycles. The molecule has 4 heterocycles. The molecule has 29 heavy (non-hydrogen) atoms. The standard InChI is InChI=1S/C19H25N3O6S/c1-18(2,3)28-17(24)22-16-15-11(20-8-21-16)9(7-29-15)12-14-13(10(6-23)25-12)26-19(4,5)27-14/h7-8,10,12-14,23H,6H2,1-5H3,(H,20,21,22,24)/t10-,12+,13-,14+/m1/s1. The average molecular weight is 423 g/mol. The molecule has 0 aromatic carbocycles. The van der Waals surface area contributed by atoms with E-state index in [2.05, 4.69) is 15.3 Å². The van der Waals surface area contributed by atoms with Crippen LogP contribution in [0.5, 0.6) is 0 Å². The summed E-state index contributed by atoms with van der Waals surface area (Å²) in [6, 6.07) is 0. The number of fused-ring (bicyclic) bond motifs is 2. The molecule has 2 aromatic rings. The Morgan fingerprint density at radius 3 is 2.72 bits per heavy atom. The van der Waals surface area contributed by atoms with Gasteiger partial charge in [0, 0.05) is 5.56 Å². The average Bonchev–Trinajstić information content (AvgIpc) is 3.24. The van der Waals surface area contributed by atoms with Crippen molar-refractivity contribution in [3.05, 3.63) is 17.3 Å². The number of carbonyl (C=O) groups is 1. The highest BCUT2D eigenvalue weighted by Gasteiger charge is 2.55. The van der Waals surface area contributed by atoms with Crippen LogP contribution in [-0.2, 0) is 18.9 Å². The van der Waals surface area contributed by atoms with E-state index in [4.69, 9.17) is 18.9 Å². The van der Waals surface area contributed by atoms with Gasteiger partial charge in [-0.1, -0.05) is 0 Å². The summed E-state index contributed by atoms with van der Waals surface area (Å²) >= 11 is 1.40. The number of hydrogen-bond acceptors (Lipinski definition) is 9. The van der Waals surface area contributed by atoms with Crippen LogP contribution < -0.4 is 5.32 Å². The Morgan fingerprint density at radius 2 is 2.03 bits per heavy atom. The molecule has 4 rings (SSSR count). The van der Waals surface area contributed by atoms with Crippen LogP contribution in [0.2, 0.25) is 0 Å². The molecule has 2 aliphatic heterocycles. The number of nitrogens with one attached hydrogen (secondary N) is 1. The van der Waals surface area contributed by atoms with E-state index in [1.165, 1.54) is 17.7 Å². The maximum Gasteiger partial charge on any atom is 0.413 e. The van der Waals surface area contributed by atoms with Crippen molar-refractivity contribution in [1.29, 1.82) is 0 Å². The Morgan fingerprint density at radius 1 is 1.31 bits per heavy atom. The van der Waals surface area contributed by atoms with Gasteiger partial charge >= 0.3 is 6.09 Å². The van der Waals surface area contributed by atoms with E-state index >= 15 is 0 Å². The molecule has 4 atom stereocenters. The van der Waals surface area contributed by atoms with Gasteiger partial charge in [-0.05, 0) is 40.0 Å². The number of rotatable bonds is 3. The zero-order valence-corrected chi connectivity index (χ0v) is 17.8. The first-order chi connectivity index (χ1) is 13.6. The van der Waals surface area contributed by atoms with E-state index in [0.29, 0.717) is 16.0 Å². The smallest absolute Gasteiger partial charge is 0.413 e. The van der Waals surface area contributed by atoms with Crippen LogP contribution in [0.3, 0.4) is 0 Å². The molecular formula is C19H25N3O6S. The number of thiophene rings is 1. The molecule has 0 spiro atoms. The first-order valence-corrected chi connectivity index (χ1v) is 10.3. The van der Waals surface area contributed by atoms with Crippen LogP contribution in [0.1, 0.15) is 46.3 Å². The number of aromatic nitrogens is 2. The predicted molar refractivity (Wildman–Crippen MR) is 106 cm³/mol. The number of anilines is 1. The van der Waals surface area contributed by atoms with Crippen LogP contribution in [0.15, 0.2) is 11.7 Å². The lowest BCUT2D eigenvalue weighted by Crippen LogP contribution is -2.31. The second kappa shape index (κ2) is 7.13. The molecule has 0 aliphatic carbocycles. The summed E-state index contributed by atoms with van der Waals surface area (Å²) in [6.45, 7) is 8.90. The Balaban J connectivity index is 1.64. The van der Waals surface area contributed by atoms with Crippen molar-refractivity contribution in [3.8, 4) is 0 Å². The molecule has 0 bridgehead atoms. The van der Waals surface area contributed by atoms with E-state index < -0.39 is 29.7 Å². The van der Waals surface area contributed by atoms with Crippen LogP contribution in [0.4, 0.5) is 10.6 Å². The third-order valence-electron chi connectivity index (χ3n) is 4.64. The summed E-state index contributed by atoms with van der Waals surface area (Å²) in [7, 11) is 0. The minimum atomic E-state index is -0.755. The summed E-state index contributed by atoms with van der Waals surface area (Å²) in [4.78, 5) is 20.7. The van der Waals surface area contributed by atoms with E-state index in [1.54, 1.807) is 20.8 Å². The Kier molecular flexibility index (Phi) is 5.02. The van der Waals surface area contributed by atoms with E-state index in [1.807, 2.05) is 19.2 Å². The van der Waals surface area contributed by atoms with Crippen molar-refractivity contribution in [2.75, 3.05) is 11.9 Å². The lowest BCUT2D eigenvalue weighted by Gasteiger charge is -2.23. The highest BCUT2D eigenvalue weighted by Crippen LogP contribution is 2.47. The SMILES string of the molecule is CC(C)(C)OC(=O)Nc1ncnc2c([C@@H]3O[C@H](CO)[C@H]4OC(C)(C)O[C@H]43)csc12. The van der Waals surface area contributed by atoms with Gasteiger partial charge in [0.2, 0.25) is 0 Å². The summed E-state index contributed by atoms with van der Waals surface area (Å²) in [5.74, 6) is -0.382. The predicted octanol–water partition coefficient (Wildman–Crippen LogP) is 2.99. The zero-order valence-electron chi connectivity index (χ0n) is 17.0. The van der Waals surface area contributed by atoms with Crippen LogP contribution in [-0.4, -0.2) is 57.5 Å². The van der Waals surface area contributed by atoms with Crippen molar-refractivity contribution in [2.24, 2.45) is 0 Å². The Labute approximate surface area is 172 Å². The molecule has 2 saturated heterocycles. The van der Waals surface area contributed by atoms with Crippen molar-refractivity contribution < 1.29 is 28.8 Å². The van der Waals surface area contributed by atoms with Gasteiger partial charge in [-0.3, -0.25) is 5.32 Å². The molecule has 0 unspecified atom stereocenters. The molecule has 2 N–H and O–H groups in total. The second-order valence-electron chi connectivity index (χ2n) is 8.56. The van der Waals surface area contributed by atoms with Gasteiger partial charge in [-0.15, -0.1) is 11.3 Å². The van der Waals surface area contributed by atoms with Gasteiger partial charge in [0.05, 0.1) is 16.8 Å². The first kappa shape index (κ1) is 20.4. The second-order valence-corrected chi connectivity index (χ2v) is 9.44. The Hall–Kier alpha value is -1.85. The lowest BCUT2D eigenvalue weighted by atomic mass is 10.0. The van der Waals surface area contributed by atoms with Gasteiger partial charge in [0.1, 0.15) is 36.3 Å². The third kappa shape index (κ3) is 3.95. The first-order valence-electron chi connectivity index (χ1n) is 9.42. The Bertz CT molecular complexity index is 924. The van der Waals surface area contributed by atoms with Gasteiger partial charge < -0.3 is 24.1 Å². The maximum atomic E-state index is 12.2. The molecular weight excluding hydrogens is 398 g/mol. The minimum Gasteiger partial charge on any atom is -0.444 e. The fourth-order valence-corrected chi connectivity index (χ4v) is 4.63. The molecule has 10 heteroatoms. The molecule has 0 radical (unpaired) electrons. The molecule has 1 amide bonds. The van der Waals surface area contributed by atoms with Crippen molar-refractivity contribution >= 4 is 33.5 Å². The lowest BCUT2D eigenvalue weighted by molar-refractivity contribution is -0.190. The molecule has 0 saturated carbocycles. The van der Waals surface area contributed by atoms with Crippen LogP contribution >= 0.6 is 11.3 Å². The number of carbonyl (C=O) groups excluding carboxylic acids is 1. The summed E-state index contributed by atoms with van der Waals surface area (Å²) in [5, 5.41) is 14.3.